The fourth-order valence-electron chi connectivity index (χ4n) is 3.43. The second kappa shape index (κ2) is 7.02. The predicted molar refractivity (Wildman–Crippen MR) is 99.0 cm³/mol. The highest BCUT2D eigenvalue weighted by atomic mass is 16.5. The average Bonchev–Trinajstić information content (AvgIpc) is 3.04. The first-order valence-corrected chi connectivity index (χ1v) is 8.84. The minimum Gasteiger partial charge on any atom is -0.493 e. The monoisotopic (exact) mass is 358 g/mol. The number of methoxy groups -OCH3 is 2. The Morgan fingerprint density at radius 1 is 1.23 bits per heavy atom. The van der Waals surface area contributed by atoms with Crippen LogP contribution in [0, 0.1) is 11.3 Å². The van der Waals surface area contributed by atoms with Gasteiger partial charge in [-0.2, -0.15) is 0 Å². The van der Waals surface area contributed by atoms with E-state index in [1.54, 1.807) is 32.4 Å². The zero-order valence-corrected chi connectivity index (χ0v) is 16.0. The number of aromatic nitrogens is 1. The molecule has 0 unspecified atom stereocenters. The van der Waals surface area contributed by atoms with Gasteiger partial charge in [-0.3, -0.25) is 4.79 Å². The Bertz CT molecular complexity index is 805. The minimum atomic E-state index is -0.267. The Labute approximate surface area is 153 Å². The van der Waals surface area contributed by atoms with E-state index in [0.29, 0.717) is 28.8 Å². The average molecular weight is 358 g/mol. The summed E-state index contributed by atoms with van der Waals surface area (Å²) in [5.74, 6) is 2.24. The molecule has 0 aliphatic heterocycles. The SMILES string of the molecule is COc1ccc(NC(=O)c2noc3c2C[C@@H](C(C)(C)C)CC3)cc1OC. The molecule has 1 aromatic heterocycles. The Kier molecular flexibility index (Phi) is 4.94. The number of carbonyl (C=O) groups excluding carboxylic acids is 1. The summed E-state index contributed by atoms with van der Waals surface area (Å²) in [5, 5.41) is 6.92. The zero-order valence-electron chi connectivity index (χ0n) is 16.0. The molecule has 0 saturated heterocycles. The van der Waals surface area contributed by atoms with Crippen molar-refractivity contribution in [1.29, 1.82) is 0 Å². The number of aryl methyl sites for hydroxylation is 1. The fraction of sp³-hybridized carbons (Fsp3) is 0.500. The van der Waals surface area contributed by atoms with E-state index in [-0.39, 0.29) is 11.3 Å². The molecular weight excluding hydrogens is 332 g/mol. The van der Waals surface area contributed by atoms with Gasteiger partial charge in [0.05, 0.1) is 14.2 Å². The summed E-state index contributed by atoms with van der Waals surface area (Å²) in [5.41, 5.74) is 2.12. The maximum Gasteiger partial charge on any atom is 0.278 e. The molecule has 1 aliphatic rings. The van der Waals surface area contributed by atoms with Crippen LogP contribution in [0.1, 0.15) is 49.0 Å². The lowest BCUT2D eigenvalue weighted by molar-refractivity contribution is 0.101. The summed E-state index contributed by atoms with van der Waals surface area (Å²) in [6, 6.07) is 5.24. The molecule has 0 fully saturated rings. The molecule has 1 amide bonds. The lowest BCUT2D eigenvalue weighted by Gasteiger charge is -2.33. The third-order valence-corrected chi connectivity index (χ3v) is 5.12. The maximum absolute atomic E-state index is 12.8. The first-order chi connectivity index (χ1) is 12.3. The van der Waals surface area contributed by atoms with Gasteiger partial charge in [0.1, 0.15) is 5.76 Å². The number of carbonyl (C=O) groups is 1. The summed E-state index contributed by atoms with van der Waals surface area (Å²) in [4.78, 5) is 12.8. The molecule has 0 radical (unpaired) electrons. The molecule has 26 heavy (non-hydrogen) atoms. The van der Waals surface area contributed by atoms with Crippen molar-refractivity contribution < 1.29 is 18.8 Å². The van der Waals surface area contributed by atoms with Crippen molar-refractivity contribution in [2.45, 2.75) is 40.0 Å². The molecule has 140 valence electrons. The van der Waals surface area contributed by atoms with Crippen LogP contribution in [0.4, 0.5) is 5.69 Å². The molecule has 1 N–H and O–H groups in total. The number of nitrogens with zero attached hydrogens (tertiary/aromatic N) is 1. The van der Waals surface area contributed by atoms with Crippen LogP contribution in [-0.2, 0) is 12.8 Å². The van der Waals surface area contributed by atoms with E-state index in [0.717, 1.165) is 30.6 Å². The van der Waals surface area contributed by atoms with Gasteiger partial charge in [-0.1, -0.05) is 25.9 Å². The van der Waals surface area contributed by atoms with Crippen molar-refractivity contribution in [3.05, 3.63) is 35.2 Å². The number of hydrogen-bond acceptors (Lipinski definition) is 5. The Balaban J connectivity index is 1.81. The normalized spacial score (nSPS) is 16.7. The van der Waals surface area contributed by atoms with Crippen LogP contribution >= 0.6 is 0 Å². The lowest BCUT2D eigenvalue weighted by Crippen LogP contribution is -2.27. The summed E-state index contributed by atoms with van der Waals surface area (Å²) in [6.45, 7) is 6.71. The van der Waals surface area contributed by atoms with E-state index in [1.807, 2.05) is 0 Å². The molecule has 1 atom stereocenters. The Hall–Kier alpha value is -2.50. The summed E-state index contributed by atoms with van der Waals surface area (Å²) in [7, 11) is 3.13. The number of rotatable bonds is 4. The van der Waals surface area contributed by atoms with Gasteiger partial charge >= 0.3 is 0 Å². The summed E-state index contributed by atoms with van der Waals surface area (Å²) >= 11 is 0. The topological polar surface area (TPSA) is 73.6 Å². The Morgan fingerprint density at radius 3 is 2.62 bits per heavy atom. The third kappa shape index (κ3) is 3.54. The quantitative estimate of drug-likeness (QED) is 0.891. The summed E-state index contributed by atoms with van der Waals surface area (Å²) in [6.07, 6.45) is 2.70. The van der Waals surface area contributed by atoms with Crippen LogP contribution in [0.2, 0.25) is 0 Å². The predicted octanol–water partition coefficient (Wildman–Crippen LogP) is 4.10. The van der Waals surface area contributed by atoms with E-state index < -0.39 is 0 Å². The highest BCUT2D eigenvalue weighted by molar-refractivity contribution is 6.04. The molecule has 3 rings (SSSR count). The number of ether oxygens (including phenoxy) is 2. The van der Waals surface area contributed by atoms with Gasteiger partial charge in [-0.05, 0) is 36.3 Å². The molecule has 1 heterocycles. The van der Waals surface area contributed by atoms with Crippen LogP contribution in [-0.4, -0.2) is 25.3 Å². The van der Waals surface area contributed by atoms with E-state index in [4.69, 9.17) is 14.0 Å². The molecule has 0 spiro atoms. The number of hydrogen-bond donors (Lipinski definition) is 1. The van der Waals surface area contributed by atoms with E-state index in [2.05, 4.69) is 31.2 Å². The first kappa shape index (κ1) is 18.3. The molecular formula is C20H26N2O4. The van der Waals surface area contributed by atoms with Gasteiger partial charge in [0.2, 0.25) is 0 Å². The second-order valence-corrected chi connectivity index (χ2v) is 7.76. The fourth-order valence-corrected chi connectivity index (χ4v) is 3.43. The van der Waals surface area contributed by atoms with Crippen molar-refractivity contribution in [2.24, 2.45) is 11.3 Å². The van der Waals surface area contributed by atoms with Crippen molar-refractivity contribution in [1.82, 2.24) is 5.16 Å². The third-order valence-electron chi connectivity index (χ3n) is 5.12. The van der Waals surface area contributed by atoms with Crippen LogP contribution in [0.3, 0.4) is 0 Å². The second-order valence-electron chi connectivity index (χ2n) is 7.76. The van der Waals surface area contributed by atoms with Crippen molar-refractivity contribution in [3.63, 3.8) is 0 Å². The van der Waals surface area contributed by atoms with Crippen LogP contribution in [0.15, 0.2) is 22.7 Å². The van der Waals surface area contributed by atoms with Crippen molar-refractivity contribution in [3.8, 4) is 11.5 Å². The largest absolute Gasteiger partial charge is 0.493 e. The van der Waals surface area contributed by atoms with Gasteiger partial charge in [0, 0.05) is 23.7 Å². The van der Waals surface area contributed by atoms with Gasteiger partial charge in [-0.15, -0.1) is 0 Å². The minimum absolute atomic E-state index is 0.187. The molecule has 0 saturated carbocycles. The number of nitrogens with one attached hydrogen (secondary N) is 1. The van der Waals surface area contributed by atoms with Gasteiger partial charge in [0.25, 0.3) is 5.91 Å². The highest BCUT2D eigenvalue weighted by Gasteiger charge is 2.34. The molecule has 1 aliphatic carbocycles. The molecule has 6 nitrogen and oxygen atoms in total. The lowest BCUT2D eigenvalue weighted by atomic mass is 9.71. The van der Waals surface area contributed by atoms with Crippen molar-refractivity contribution in [2.75, 3.05) is 19.5 Å². The Morgan fingerprint density at radius 2 is 1.96 bits per heavy atom. The number of amides is 1. The van der Waals surface area contributed by atoms with Gasteiger partial charge in [0.15, 0.2) is 17.2 Å². The standard InChI is InChI=1S/C20H26N2O4/c1-20(2,3)12-6-8-15-14(10-12)18(22-26-15)19(23)21-13-7-9-16(24-4)17(11-13)25-5/h7,9,11-12H,6,8,10H2,1-5H3,(H,21,23)/t12-/m0/s1. The van der Waals surface area contributed by atoms with E-state index in [1.165, 1.54) is 0 Å². The first-order valence-electron chi connectivity index (χ1n) is 8.84. The van der Waals surface area contributed by atoms with Crippen LogP contribution in [0.25, 0.3) is 0 Å². The number of benzene rings is 1. The van der Waals surface area contributed by atoms with Crippen LogP contribution < -0.4 is 14.8 Å². The molecule has 1 aromatic carbocycles. The highest BCUT2D eigenvalue weighted by Crippen LogP contribution is 2.38. The summed E-state index contributed by atoms with van der Waals surface area (Å²) < 4.78 is 15.9. The van der Waals surface area contributed by atoms with Crippen molar-refractivity contribution >= 4 is 11.6 Å². The van der Waals surface area contributed by atoms with Crippen LogP contribution in [0.5, 0.6) is 11.5 Å². The zero-order chi connectivity index (χ0) is 18.9. The molecule has 2 aromatic rings. The smallest absolute Gasteiger partial charge is 0.278 e. The van der Waals surface area contributed by atoms with Gasteiger partial charge in [-0.25, -0.2) is 0 Å². The maximum atomic E-state index is 12.8. The number of fused-ring (bicyclic) bond motifs is 1. The number of anilines is 1. The molecule has 6 heteroatoms. The molecule has 0 bridgehead atoms. The van der Waals surface area contributed by atoms with E-state index >= 15 is 0 Å². The van der Waals surface area contributed by atoms with E-state index in [9.17, 15) is 4.79 Å². The van der Waals surface area contributed by atoms with Gasteiger partial charge < -0.3 is 19.3 Å².